The predicted octanol–water partition coefficient (Wildman–Crippen LogP) is 6.30. The van der Waals surface area contributed by atoms with E-state index in [1.54, 1.807) is 42.5 Å². The number of H-pyrrole nitrogens is 1. The second kappa shape index (κ2) is 9.51. The average molecular weight is 519 g/mol. The Kier molecular flexibility index (Phi) is 6.19. The Morgan fingerprint density at radius 2 is 1.63 bits per heavy atom. The van der Waals surface area contributed by atoms with Crippen molar-refractivity contribution in [1.29, 1.82) is 0 Å². The predicted molar refractivity (Wildman–Crippen MR) is 132 cm³/mol. The normalized spacial score (nSPS) is 11.5. The highest BCUT2D eigenvalue weighted by Crippen LogP contribution is 2.39. The number of aromatic amines is 1. The lowest BCUT2D eigenvalue weighted by atomic mass is 9.99. The molecule has 190 valence electrons. The summed E-state index contributed by atoms with van der Waals surface area (Å²) < 4.78 is 56.2. The van der Waals surface area contributed by atoms with E-state index in [1.807, 2.05) is 0 Å². The van der Waals surface area contributed by atoms with Crippen LogP contribution in [0.25, 0.3) is 33.4 Å². The number of nitrogens with one attached hydrogen (secondary N) is 2. The van der Waals surface area contributed by atoms with Crippen LogP contribution in [0.15, 0.2) is 73.1 Å². The minimum absolute atomic E-state index is 0.152. The van der Waals surface area contributed by atoms with Gasteiger partial charge in [-0.2, -0.15) is 18.3 Å². The summed E-state index contributed by atoms with van der Waals surface area (Å²) in [6.07, 6.45) is -2.44. The maximum absolute atomic E-state index is 15.0. The van der Waals surface area contributed by atoms with Crippen LogP contribution >= 0.6 is 0 Å². The van der Waals surface area contributed by atoms with E-state index in [1.165, 1.54) is 25.4 Å². The molecule has 3 aromatic carbocycles. The third kappa shape index (κ3) is 4.49. The monoisotopic (exact) mass is 519 g/mol. The van der Waals surface area contributed by atoms with Gasteiger partial charge in [0.15, 0.2) is 11.6 Å². The van der Waals surface area contributed by atoms with Gasteiger partial charge in [0.05, 0.1) is 16.8 Å². The molecule has 38 heavy (non-hydrogen) atoms. The zero-order valence-corrected chi connectivity index (χ0v) is 19.6. The summed E-state index contributed by atoms with van der Waals surface area (Å²) in [7, 11) is 0. The number of anilines is 1. The standard InChI is InChI=1S/C27H17F4N5O2/c1-14(37)22-17-9-8-16(15-6-3-2-4-7-15)23(24(17)36-35-22)34-26(38)19-12-18(25-32-10-5-11-33-25)20(13-21(19)28)27(29,30)31/h2-13H,1H3,(H,34,38)(H,35,36). The molecular weight excluding hydrogens is 502 g/mol. The minimum Gasteiger partial charge on any atom is -0.319 e. The van der Waals surface area contributed by atoms with E-state index in [2.05, 4.69) is 25.5 Å². The number of carbonyl (C=O) groups excluding carboxylic acids is 2. The van der Waals surface area contributed by atoms with Gasteiger partial charge in [0.1, 0.15) is 17.0 Å². The van der Waals surface area contributed by atoms with E-state index in [0.717, 1.165) is 6.07 Å². The summed E-state index contributed by atoms with van der Waals surface area (Å²) in [5.41, 5.74) is -0.746. The minimum atomic E-state index is -4.92. The summed E-state index contributed by atoms with van der Waals surface area (Å²) in [6.45, 7) is 1.35. The lowest BCUT2D eigenvalue weighted by Crippen LogP contribution is -2.17. The number of halogens is 4. The molecule has 0 aliphatic carbocycles. The van der Waals surface area contributed by atoms with E-state index < -0.39 is 34.6 Å². The maximum Gasteiger partial charge on any atom is 0.417 e. The van der Waals surface area contributed by atoms with Crippen LogP contribution < -0.4 is 5.32 Å². The van der Waals surface area contributed by atoms with E-state index >= 15 is 4.39 Å². The second-order valence-electron chi connectivity index (χ2n) is 8.31. The Morgan fingerprint density at radius 1 is 0.921 bits per heavy atom. The summed E-state index contributed by atoms with van der Waals surface area (Å²) >= 11 is 0. The molecule has 0 radical (unpaired) electrons. The molecule has 2 heterocycles. The summed E-state index contributed by atoms with van der Waals surface area (Å²) in [6, 6.07) is 14.7. The molecule has 0 saturated carbocycles. The maximum atomic E-state index is 15.0. The van der Waals surface area contributed by atoms with Crippen molar-refractivity contribution in [2.24, 2.45) is 0 Å². The Morgan fingerprint density at radius 3 is 2.29 bits per heavy atom. The highest BCUT2D eigenvalue weighted by atomic mass is 19.4. The molecule has 7 nitrogen and oxygen atoms in total. The third-order valence-corrected chi connectivity index (χ3v) is 5.87. The topological polar surface area (TPSA) is 101 Å². The van der Waals surface area contributed by atoms with Gasteiger partial charge in [-0.3, -0.25) is 14.7 Å². The number of rotatable bonds is 5. The van der Waals surface area contributed by atoms with Gasteiger partial charge in [0, 0.05) is 35.8 Å². The van der Waals surface area contributed by atoms with Crippen LogP contribution in [0.1, 0.15) is 33.3 Å². The Labute approximate surface area is 212 Å². The fourth-order valence-electron chi connectivity index (χ4n) is 4.12. The third-order valence-electron chi connectivity index (χ3n) is 5.87. The number of benzene rings is 3. The van der Waals surface area contributed by atoms with Crippen molar-refractivity contribution in [3.05, 3.63) is 95.7 Å². The fraction of sp³-hybridized carbons (Fsp3) is 0.0741. The molecule has 0 atom stereocenters. The fourth-order valence-corrected chi connectivity index (χ4v) is 4.12. The Balaban J connectivity index is 1.66. The number of nitrogens with zero attached hydrogens (tertiary/aromatic N) is 3. The van der Waals surface area contributed by atoms with Gasteiger partial charge in [-0.1, -0.05) is 36.4 Å². The summed E-state index contributed by atoms with van der Waals surface area (Å²) in [5, 5.41) is 9.85. The van der Waals surface area contributed by atoms with Crippen LogP contribution in [0.5, 0.6) is 0 Å². The van der Waals surface area contributed by atoms with E-state index in [9.17, 15) is 22.8 Å². The number of ketones is 1. The molecule has 0 bridgehead atoms. The molecule has 0 aliphatic heterocycles. The Bertz CT molecular complexity index is 1680. The van der Waals surface area contributed by atoms with E-state index in [0.29, 0.717) is 16.5 Å². The zero-order chi connectivity index (χ0) is 27.0. The van der Waals surface area contributed by atoms with Crippen molar-refractivity contribution in [3.8, 4) is 22.5 Å². The Hall–Kier alpha value is -4.93. The molecule has 5 aromatic rings. The first-order valence-electron chi connectivity index (χ1n) is 11.2. The van der Waals surface area contributed by atoms with Gasteiger partial charge in [0.2, 0.25) is 0 Å². The van der Waals surface area contributed by atoms with Gasteiger partial charge in [-0.25, -0.2) is 14.4 Å². The molecule has 5 rings (SSSR count). The van der Waals surface area contributed by atoms with Crippen molar-refractivity contribution in [1.82, 2.24) is 20.2 Å². The molecule has 0 fully saturated rings. The van der Waals surface area contributed by atoms with Crippen LogP contribution in [0.4, 0.5) is 23.2 Å². The van der Waals surface area contributed by atoms with Gasteiger partial charge in [-0.15, -0.1) is 0 Å². The lowest BCUT2D eigenvalue weighted by Gasteiger charge is -2.16. The molecule has 0 spiro atoms. The van der Waals surface area contributed by atoms with Crippen LogP contribution in [0.2, 0.25) is 0 Å². The largest absolute Gasteiger partial charge is 0.417 e. The molecule has 2 N–H and O–H groups in total. The number of carbonyl (C=O) groups is 2. The quantitative estimate of drug-likeness (QED) is 0.210. The van der Waals surface area contributed by atoms with Gasteiger partial charge < -0.3 is 5.32 Å². The smallest absolute Gasteiger partial charge is 0.319 e. The summed E-state index contributed by atoms with van der Waals surface area (Å²) in [4.78, 5) is 33.1. The number of fused-ring (bicyclic) bond motifs is 1. The number of Topliss-reactive ketones (excluding diaryl/α,β-unsaturated/α-hetero) is 1. The van der Waals surface area contributed by atoms with Crippen LogP contribution in [-0.4, -0.2) is 31.9 Å². The molecule has 0 aliphatic rings. The first kappa shape index (κ1) is 24.8. The van der Waals surface area contributed by atoms with Crippen molar-refractivity contribution in [3.63, 3.8) is 0 Å². The number of aromatic nitrogens is 4. The molecular formula is C27H17F4N5O2. The van der Waals surface area contributed by atoms with E-state index in [-0.39, 0.29) is 34.6 Å². The molecule has 2 aromatic heterocycles. The zero-order valence-electron chi connectivity index (χ0n) is 19.6. The van der Waals surface area contributed by atoms with Gasteiger partial charge in [-0.05, 0) is 29.8 Å². The van der Waals surface area contributed by atoms with Crippen LogP contribution in [-0.2, 0) is 6.18 Å². The first-order valence-corrected chi connectivity index (χ1v) is 11.2. The van der Waals surface area contributed by atoms with Gasteiger partial charge in [0.25, 0.3) is 5.91 Å². The second-order valence-corrected chi connectivity index (χ2v) is 8.31. The first-order chi connectivity index (χ1) is 18.1. The van der Waals surface area contributed by atoms with Crippen LogP contribution in [0, 0.1) is 5.82 Å². The van der Waals surface area contributed by atoms with Crippen molar-refractivity contribution in [2.45, 2.75) is 13.1 Å². The molecule has 0 saturated heterocycles. The number of alkyl halides is 3. The lowest BCUT2D eigenvalue weighted by molar-refractivity contribution is -0.137. The average Bonchev–Trinajstić information content (AvgIpc) is 3.34. The highest BCUT2D eigenvalue weighted by molar-refractivity contribution is 6.15. The van der Waals surface area contributed by atoms with Gasteiger partial charge >= 0.3 is 6.18 Å². The van der Waals surface area contributed by atoms with E-state index in [4.69, 9.17) is 0 Å². The molecule has 1 amide bonds. The highest BCUT2D eigenvalue weighted by Gasteiger charge is 2.36. The molecule has 0 unspecified atom stereocenters. The van der Waals surface area contributed by atoms with Crippen LogP contribution in [0.3, 0.4) is 0 Å². The number of hydrogen-bond acceptors (Lipinski definition) is 5. The number of hydrogen-bond donors (Lipinski definition) is 2. The summed E-state index contributed by atoms with van der Waals surface area (Å²) in [5.74, 6) is -3.02. The number of amides is 1. The molecule has 11 heteroatoms. The van der Waals surface area contributed by atoms with Crippen molar-refractivity contribution >= 4 is 28.3 Å². The SMILES string of the molecule is CC(=O)c1[nH]nc2c(NC(=O)c3cc(-c4ncccn4)c(C(F)(F)F)cc3F)c(-c3ccccc3)ccc12. The van der Waals surface area contributed by atoms with Crippen molar-refractivity contribution in [2.75, 3.05) is 5.32 Å². The van der Waals surface area contributed by atoms with Crippen molar-refractivity contribution < 1.29 is 27.2 Å².